The smallest absolute Gasteiger partial charge is 0.383 e. The van der Waals surface area contributed by atoms with Crippen LogP contribution in [0.5, 0.6) is 0 Å². The maximum Gasteiger partial charge on any atom is 0.423 e. The van der Waals surface area contributed by atoms with Gasteiger partial charge in [0.1, 0.15) is 22.8 Å². The van der Waals surface area contributed by atoms with Crippen molar-refractivity contribution >= 4 is 22.3 Å². The third kappa shape index (κ3) is 7.26. The van der Waals surface area contributed by atoms with Gasteiger partial charge in [0.15, 0.2) is 5.82 Å². The third-order valence-electron chi connectivity index (χ3n) is 6.30. The Morgan fingerprint density at radius 1 is 1.07 bits per heavy atom. The number of nitrogens with one attached hydrogen (secondary N) is 2. The average Bonchev–Trinajstić information content (AvgIpc) is 2.91. The van der Waals surface area contributed by atoms with E-state index in [1.54, 1.807) is 5.10 Å². The Bertz CT molecular complexity index is 1770. The molecule has 3 aromatic heterocycles. The minimum absolute atomic E-state index is 0.0207. The van der Waals surface area contributed by atoms with Crippen LogP contribution < -0.4 is 22.2 Å². The number of hydrogen-bond donors (Lipinski definition) is 3. The monoisotopic (exact) mass is 637 g/mol. The molecule has 1 aromatic carbocycles. The van der Waals surface area contributed by atoms with Gasteiger partial charge in [0.05, 0.1) is 29.4 Å². The van der Waals surface area contributed by atoms with Gasteiger partial charge in [-0.05, 0) is 36.4 Å². The van der Waals surface area contributed by atoms with Crippen LogP contribution in [0.4, 0.5) is 51.0 Å². The highest BCUT2D eigenvalue weighted by Crippen LogP contribution is 2.34. The molecule has 0 saturated heterocycles. The van der Waals surface area contributed by atoms with Gasteiger partial charge >= 0.3 is 19.0 Å². The lowest BCUT2D eigenvalue weighted by atomic mass is 10.1. The molecule has 4 aromatic rings. The van der Waals surface area contributed by atoms with Crippen molar-refractivity contribution in [3.05, 3.63) is 74.4 Å². The molecule has 3 heterocycles. The van der Waals surface area contributed by atoms with Gasteiger partial charge in [0.25, 0.3) is 11.1 Å². The highest BCUT2D eigenvalue weighted by Gasteiger charge is 2.38. The molecule has 0 aliphatic heterocycles. The Kier molecular flexibility index (Phi) is 9.17. The molecular weight excluding hydrogens is 617 g/mol. The largest absolute Gasteiger partial charge is 0.423 e. The third-order valence-corrected chi connectivity index (χ3v) is 6.30. The zero-order valence-electron chi connectivity index (χ0n) is 21.9. The Labute approximate surface area is 239 Å². The maximum atomic E-state index is 15.0. The summed E-state index contributed by atoms with van der Waals surface area (Å²) in [4.78, 5) is 31.8. The maximum absolute atomic E-state index is 15.0. The molecule has 4 rings (SSSR count). The van der Waals surface area contributed by atoms with E-state index >= 15 is 0 Å². The first-order valence-electron chi connectivity index (χ1n) is 12.4. The minimum atomic E-state index is -5.09. The zero-order valence-corrected chi connectivity index (χ0v) is 21.9. The fourth-order valence-electron chi connectivity index (χ4n) is 4.30. The molecule has 0 spiro atoms. The number of H-pyrrole nitrogens is 1. The van der Waals surface area contributed by atoms with Crippen LogP contribution in [0, 0.1) is 5.82 Å². The molecule has 0 unspecified atom stereocenters. The number of aromatic amines is 1. The summed E-state index contributed by atoms with van der Waals surface area (Å²) in [7, 11) is 0. The SMILES string of the molecule is Nc1nc(-c2cc3ccn(CCC[C@H](COC(F)F)Nc4cn[nH]c(=O)c4C(F)(F)F)c(=O)c3cc2F)ncc1C(F)(F)F. The van der Waals surface area contributed by atoms with E-state index in [1.165, 1.54) is 12.3 Å². The normalized spacial score (nSPS) is 13.0. The molecule has 236 valence electrons. The average molecular weight is 637 g/mol. The van der Waals surface area contributed by atoms with Gasteiger partial charge in [-0.15, -0.1) is 0 Å². The lowest BCUT2D eigenvalue weighted by molar-refractivity contribution is -0.139. The van der Waals surface area contributed by atoms with Gasteiger partial charge in [-0.2, -0.15) is 40.2 Å². The van der Waals surface area contributed by atoms with E-state index in [9.17, 15) is 49.1 Å². The lowest BCUT2D eigenvalue weighted by Crippen LogP contribution is -2.32. The van der Waals surface area contributed by atoms with E-state index < -0.39 is 77.0 Å². The molecule has 0 bridgehead atoms. The molecule has 44 heavy (non-hydrogen) atoms. The molecule has 19 heteroatoms. The van der Waals surface area contributed by atoms with E-state index in [4.69, 9.17) is 5.73 Å². The fourth-order valence-corrected chi connectivity index (χ4v) is 4.30. The molecule has 0 saturated carbocycles. The number of fused-ring (bicyclic) bond motifs is 1. The van der Waals surface area contributed by atoms with Gasteiger partial charge < -0.3 is 20.4 Å². The summed E-state index contributed by atoms with van der Waals surface area (Å²) >= 11 is 0. The highest BCUT2D eigenvalue weighted by atomic mass is 19.4. The number of hydrogen-bond acceptors (Lipinski definition) is 8. The standard InChI is InChI=1S/C25H20F9N7O3/c26-16-7-13-11(6-14(16)20-36-8-15(19(35)39-20)24(29,30)31)3-5-41(22(13)43)4-1-2-12(10-44-23(27)28)38-17-9-37-40-21(42)18(17)25(32,33)34/h3,5-9,12,23H,1-2,4,10H2,(H2,35,36,39)(H2,38,40,42)/t12-/m1/s1. The van der Waals surface area contributed by atoms with Gasteiger partial charge in [0.2, 0.25) is 0 Å². The van der Waals surface area contributed by atoms with Gasteiger partial charge in [-0.3, -0.25) is 9.59 Å². The number of aryl methyl sites for hydroxylation is 1. The molecule has 0 aliphatic carbocycles. The number of rotatable bonds is 10. The van der Waals surface area contributed by atoms with Crippen molar-refractivity contribution in [1.82, 2.24) is 24.7 Å². The summed E-state index contributed by atoms with van der Waals surface area (Å²) in [6.45, 7) is -4.10. The Balaban J connectivity index is 1.54. The second-order valence-corrected chi connectivity index (χ2v) is 9.29. The molecule has 0 radical (unpaired) electrons. The van der Waals surface area contributed by atoms with Crippen molar-refractivity contribution in [3.8, 4) is 11.4 Å². The minimum Gasteiger partial charge on any atom is -0.383 e. The van der Waals surface area contributed by atoms with Crippen molar-refractivity contribution in [3.63, 3.8) is 0 Å². The van der Waals surface area contributed by atoms with Crippen molar-refractivity contribution in [1.29, 1.82) is 0 Å². The van der Waals surface area contributed by atoms with Gasteiger partial charge in [0, 0.05) is 25.0 Å². The number of alkyl halides is 8. The lowest BCUT2D eigenvalue weighted by Gasteiger charge is -2.22. The molecule has 10 nitrogen and oxygen atoms in total. The molecule has 0 fully saturated rings. The van der Waals surface area contributed by atoms with E-state index in [0.29, 0.717) is 12.4 Å². The fraction of sp³-hybridized carbons (Fsp3) is 0.320. The summed E-state index contributed by atoms with van der Waals surface area (Å²) in [5.41, 5.74) is -0.907. The first-order chi connectivity index (χ1) is 20.6. The number of pyridine rings is 1. The van der Waals surface area contributed by atoms with E-state index in [-0.39, 0.29) is 35.7 Å². The van der Waals surface area contributed by atoms with Crippen LogP contribution in [0.3, 0.4) is 0 Å². The van der Waals surface area contributed by atoms with Crippen LogP contribution in [-0.2, 0) is 23.6 Å². The van der Waals surface area contributed by atoms with E-state index in [2.05, 4.69) is 25.1 Å². The molecule has 4 N–H and O–H groups in total. The Hall–Kier alpha value is -4.68. The first-order valence-corrected chi connectivity index (χ1v) is 12.4. The number of ether oxygens (including phenoxy) is 1. The molecule has 0 aliphatic rings. The van der Waals surface area contributed by atoms with Crippen molar-refractivity contribution < 1.29 is 44.3 Å². The van der Waals surface area contributed by atoms with Crippen LogP contribution >= 0.6 is 0 Å². The number of nitrogen functional groups attached to an aromatic ring is 1. The number of benzene rings is 1. The number of nitrogens with two attached hydrogens (primary N) is 1. The molecule has 0 amide bonds. The predicted molar refractivity (Wildman–Crippen MR) is 137 cm³/mol. The Morgan fingerprint density at radius 3 is 2.43 bits per heavy atom. The van der Waals surface area contributed by atoms with Crippen LogP contribution in [0.1, 0.15) is 24.0 Å². The van der Waals surface area contributed by atoms with E-state index in [1.807, 2.05) is 0 Å². The highest BCUT2D eigenvalue weighted by molar-refractivity contribution is 5.86. The number of nitrogens with zero attached hydrogens (tertiary/aromatic N) is 4. The quantitative estimate of drug-likeness (QED) is 0.211. The van der Waals surface area contributed by atoms with Crippen molar-refractivity contribution in [2.45, 2.75) is 44.4 Å². The van der Waals surface area contributed by atoms with E-state index in [0.717, 1.165) is 16.7 Å². The van der Waals surface area contributed by atoms with Crippen LogP contribution in [-0.4, -0.2) is 44.0 Å². The van der Waals surface area contributed by atoms with Crippen LogP contribution in [0.2, 0.25) is 0 Å². The summed E-state index contributed by atoms with van der Waals surface area (Å²) in [6, 6.07) is 2.19. The second kappa shape index (κ2) is 12.5. The van der Waals surface area contributed by atoms with Gasteiger partial charge in [-0.1, -0.05) is 0 Å². The second-order valence-electron chi connectivity index (χ2n) is 9.29. The van der Waals surface area contributed by atoms with Crippen LogP contribution in [0.25, 0.3) is 22.2 Å². The van der Waals surface area contributed by atoms with Gasteiger partial charge in [-0.25, -0.2) is 19.5 Å². The molecular formula is C25H20F9N7O3. The summed E-state index contributed by atoms with van der Waals surface area (Å²) in [6.07, 6.45) is -7.65. The predicted octanol–water partition coefficient (Wildman–Crippen LogP) is 4.80. The topological polar surface area (TPSA) is 141 Å². The zero-order chi connectivity index (χ0) is 32.4. The summed E-state index contributed by atoms with van der Waals surface area (Å²) < 4.78 is 125. The number of halogens is 9. The van der Waals surface area contributed by atoms with Crippen molar-refractivity contribution in [2.75, 3.05) is 17.7 Å². The summed E-state index contributed by atoms with van der Waals surface area (Å²) in [5.74, 6) is -2.41. The Morgan fingerprint density at radius 2 is 1.80 bits per heavy atom. The van der Waals surface area contributed by atoms with Crippen LogP contribution in [0.15, 0.2) is 46.4 Å². The first kappa shape index (κ1) is 32.2. The summed E-state index contributed by atoms with van der Waals surface area (Å²) in [5, 5.41) is 7.34. The number of anilines is 2. The van der Waals surface area contributed by atoms with Crippen molar-refractivity contribution in [2.24, 2.45) is 0 Å². The number of aromatic nitrogens is 5. The molecule has 1 atom stereocenters.